The van der Waals surface area contributed by atoms with E-state index in [0.717, 1.165) is 22.9 Å². The van der Waals surface area contributed by atoms with Gasteiger partial charge in [0.15, 0.2) is 5.13 Å². The van der Waals surface area contributed by atoms with Crippen LogP contribution < -0.4 is 10.6 Å². The van der Waals surface area contributed by atoms with Gasteiger partial charge in [0.2, 0.25) is 5.91 Å². The molecule has 0 spiro atoms. The highest BCUT2D eigenvalue weighted by Crippen LogP contribution is 2.52. The Bertz CT molecular complexity index is 1370. The highest BCUT2D eigenvalue weighted by atomic mass is 32.2. The number of thiazole rings is 1. The first-order chi connectivity index (χ1) is 19.1. The topological polar surface area (TPSA) is 169 Å². The van der Waals surface area contributed by atoms with Gasteiger partial charge in [0, 0.05) is 46.7 Å². The predicted molar refractivity (Wildman–Crippen MR) is 148 cm³/mol. The number of β-lactam (4-membered cyclic amide) rings is 1. The van der Waals surface area contributed by atoms with E-state index in [1.165, 1.54) is 40.5 Å². The van der Waals surface area contributed by atoms with Crippen LogP contribution in [0, 0.1) is 22.0 Å². The number of thioether (sulfide) groups is 1. The van der Waals surface area contributed by atoms with E-state index < -0.39 is 28.8 Å². The van der Waals surface area contributed by atoms with Crippen LogP contribution >= 0.6 is 23.1 Å². The minimum atomic E-state index is -0.843. The highest BCUT2D eigenvalue weighted by Gasteiger charge is 2.60. The SMILES string of the molecule is C[C@@H](O)[C@H]1C(=O)N2C(C(=O)OCc3ccc([N+](=O)[O-])cc3)=C(SC3CCN(c4nc(C(N)=O)cs4)CC3)[C@H](C)[C@H]12. The number of nitro groups is 1. The fraction of sp³-hybridized carbons (Fsp3) is 0.462. The molecule has 2 amide bonds. The van der Waals surface area contributed by atoms with Gasteiger partial charge in [0.1, 0.15) is 18.0 Å². The van der Waals surface area contributed by atoms with Crippen LogP contribution in [0.4, 0.5) is 10.8 Å². The van der Waals surface area contributed by atoms with E-state index in [-0.39, 0.29) is 46.8 Å². The second kappa shape index (κ2) is 11.2. The maximum Gasteiger partial charge on any atom is 0.356 e. The molecule has 3 N–H and O–H groups in total. The molecular formula is C26H29N5O7S2. The van der Waals surface area contributed by atoms with Crippen molar-refractivity contribution in [1.29, 1.82) is 0 Å². The molecule has 0 unspecified atom stereocenters. The van der Waals surface area contributed by atoms with Crippen molar-refractivity contribution in [3.63, 3.8) is 0 Å². The zero-order valence-electron chi connectivity index (χ0n) is 21.9. The van der Waals surface area contributed by atoms with E-state index in [1.54, 1.807) is 24.1 Å². The van der Waals surface area contributed by atoms with E-state index in [9.17, 15) is 29.6 Å². The Morgan fingerprint density at radius 1 is 1.30 bits per heavy atom. The summed E-state index contributed by atoms with van der Waals surface area (Å²) in [6, 6.07) is 5.42. The van der Waals surface area contributed by atoms with Crippen LogP contribution in [0.3, 0.4) is 0 Å². The van der Waals surface area contributed by atoms with Crippen molar-refractivity contribution in [3.05, 3.63) is 61.6 Å². The fourth-order valence-corrected chi connectivity index (χ4v) is 7.79. The van der Waals surface area contributed by atoms with Gasteiger partial charge < -0.3 is 25.4 Å². The Balaban J connectivity index is 1.30. The molecule has 0 aliphatic carbocycles. The second-order valence-corrected chi connectivity index (χ2v) is 12.3. The van der Waals surface area contributed by atoms with Gasteiger partial charge in [0.25, 0.3) is 11.6 Å². The normalized spacial score (nSPS) is 23.6. The summed E-state index contributed by atoms with van der Waals surface area (Å²) in [6.45, 7) is 4.89. The van der Waals surface area contributed by atoms with Crippen LogP contribution in [0.15, 0.2) is 40.2 Å². The number of non-ortho nitro benzene ring substituents is 1. The maximum absolute atomic E-state index is 13.4. The number of carbonyl (C=O) groups excluding carboxylic acids is 3. The van der Waals surface area contributed by atoms with Crippen molar-refractivity contribution in [1.82, 2.24) is 9.88 Å². The van der Waals surface area contributed by atoms with Gasteiger partial charge in [0.05, 0.1) is 23.0 Å². The molecular weight excluding hydrogens is 558 g/mol. The van der Waals surface area contributed by atoms with Crippen LogP contribution in [0.25, 0.3) is 0 Å². The third-order valence-electron chi connectivity index (χ3n) is 7.57. The van der Waals surface area contributed by atoms with Gasteiger partial charge >= 0.3 is 5.97 Å². The number of esters is 1. The summed E-state index contributed by atoms with van der Waals surface area (Å²) in [7, 11) is 0. The lowest BCUT2D eigenvalue weighted by molar-refractivity contribution is -0.384. The molecule has 14 heteroatoms. The van der Waals surface area contributed by atoms with Crippen LogP contribution in [-0.2, 0) is 20.9 Å². The molecule has 212 valence electrons. The van der Waals surface area contributed by atoms with E-state index >= 15 is 0 Å². The number of primary amides is 1. The van der Waals surface area contributed by atoms with Crippen molar-refractivity contribution in [3.8, 4) is 0 Å². The average molecular weight is 588 g/mol. The number of ether oxygens (including phenoxy) is 1. The van der Waals surface area contributed by atoms with Gasteiger partial charge in [-0.05, 0) is 37.5 Å². The maximum atomic E-state index is 13.4. The number of hydrogen-bond acceptors (Lipinski definition) is 11. The Labute approximate surface area is 238 Å². The number of aliphatic hydroxyl groups excluding tert-OH is 1. The first-order valence-corrected chi connectivity index (χ1v) is 14.7. The minimum Gasteiger partial charge on any atom is -0.456 e. The molecule has 4 atom stereocenters. The van der Waals surface area contributed by atoms with Crippen LogP contribution in [0.5, 0.6) is 0 Å². The summed E-state index contributed by atoms with van der Waals surface area (Å²) in [5.74, 6) is -2.23. The number of anilines is 1. The van der Waals surface area contributed by atoms with E-state index in [4.69, 9.17) is 10.5 Å². The van der Waals surface area contributed by atoms with Crippen LogP contribution in [-0.4, -0.2) is 68.2 Å². The number of carbonyl (C=O) groups is 3. The average Bonchev–Trinajstić information content (AvgIpc) is 3.50. The number of hydrogen-bond donors (Lipinski definition) is 2. The van der Waals surface area contributed by atoms with Gasteiger partial charge in [-0.1, -0.05) is 6.92 Å². The number of rotatable bonds is 9. The third-order valence-corrected chi connectivity index (χ3v) is 10.1. The van der Waals surface area contributed by atoms with Crippen LogP contribution in [0.1, 0.15) is 42.7 Å². The smallest absolute Gasteiger partial charge is 0.356 e. The second-order valence-electron chi connectivity index (χ2n) is 10.2. The molecule has 2 saturated heterocycles. The molecule has 1 aromatic carbocycles. The predicted octanol–water partition coefficient (Wildman–Crippen LogP) is 2.66. The number of nitrogens with two attached hydrogens (primary N) is 1. The molecule has 0 bridgehead atoms. The van der Waals surface area contributed by atoms with Crippen molar-refractivity contribution < 1.29 is 29.2 Å². The molecule has 4 heterocycles. The van der Waals surface area contributed by atoms with Gasteiger partial charge in [-0.15, -0.1) is 23.1 Å². The summed E-state index contributed by atoms with van der Waals surface area (Å²) in [5.41, 5.74) is 6.33. The summed E-state index contributed by atoms with van der Waals surface area (Å²) in [6.07, 6.45) is 0.760. The number of aliphatic hydroxyl groups is 1. The van der Waals surface area contributed by atoms with E-state index in [1.807, 2.05) is 6.92 Å². The number of aromatic nitrogens is 1. The lowest BCUT2D eigenvalue weighted by atomic mass is 9.79. The van der Waals surface area contributed by atoms with Gasteiger partial charge in [-0.3, -0.25) is 19.7 Å². The monoisotopic (exact) mass is 587 g/mol. The molecule has 3 aliphatic heterocycles. The quantitative estimate of drug-likeness (QED) is 0.192. The number of nitro benzene ring substituents is 1. The zero-order chi connectivity index (χ0) is 28.7. The summed E-state index contributed by atoms with van der Waals surface area (Å²) < 4.78 is 5.58. The molecule has 0 radical (unpaired) electrons. The van der Waals surface area contributed by atoms with E-state index in [2.05, 4.69) is 9.88 Å². The largest absolute Gasteiger partial charge is 0.456 e. The Morgan fingerprint density at radius 3 is 2.55 bits per heavy atom. The molecule has 1 aromatic heterocycles. The Kier molecular flexibility index (Phi) is 7.84. The summed E-state index contributed by atoms with van der Waals surface area (Å²) in [5, 5.41) is 23.7. The zero-order valence-corrected chi connectivity index (χ0v) is 23.5. The number of amides is 2. The van der Waals surface area contributed by atoms with Crippen LogP contribution in [0.2, 0.25) is 0 Å². The summed E-state index contributed by atoms with van der Waals surface area (Å²) >= 11 is 2.96. The first-order valence-electron chi connectivity index (χ1n) is 12.9. The number of nitrogens with zero attached hydrogens (tertiary/aromatic N) is 4. The molecule has 40 heavy (non-hydrogen) atoms. The minimum absolute atomic E-state index is 0.0616. The van der Waals surface area contributed by atoms with Crippen molar-refractivity contribution in [2.45, 2.75) is 50.7 Å². The number of piperidine rings is 1. The van der Waals surface area contributed by atoms with Crippen molar-refractivity contribution >= 4 is 51.7 Å². The first kappa shape index (κ1) is 28.1. The third kappa shape index (κ3) is 5.18. The molecule has 12 nitrogen and oxygen atoms in total. The van der Waals surface area contributed by atoms with Crippen molar-refractivity contribution in [2.24, 2.45) is 17.6 Å². The van der Waals surface area contributed by atoms with Gasteiger partial charge in [-0.25, -0.2) is 9.78 Å². The Hall–Kier alpha value is -3.49. The van der Waals surface area contributed by atoms with Crippen molar-refractivity contribution in [2.75, 3.05) is 18.0 Å². The lowest BCUT2D eigenvalue weighted by Gasteiger charge is -2.46. The Morgan fingerprint density at radius 2 is 1.98 bits per heavy atom. The fourth-order valence-electron chi connectivity index (χ4n) is 5.47. The van der Waals surface area contributed by atoms with E-state index in [0.29, 0.717) is 18.7 Å². The molecule has 3 aliphatic rings. The molecule has 2 fully saturated rings. The molecule has 0 saturated carbocycles. The molecule has 2 aromatic rings. The van der Waals surface area contributed by atoms with Gasteiger partial charge in [-0.2, -0.15) is 0 Å². The summed E-state index contributed by atoms with van der Waals surface area (Å²) in [4.78, 5) is 56.9. The standard InChI is InChI=1S/C26H29N5O7S2/c1-13-20-19(14(2)32)24(34)30(20)21(25(35)38-11-15-3-5-16(6-4-15)31(36)37)22(13)40-17-7-9-29(10-8-17)26-28-18(12-39-26)23(27)33/h3-6,12-14,17,19-20,32H,7-11H2,1-2H3,(H2,27,33)/t13-,14-,19-,20-/m1/s1. The number of benzene rings is 1. The number of fused-ring (bicyclic) bond motifs is 1. The molecule has 5 rings (SSSR count). The highest BCUT2D eigenvalue weighted by molar-refractivity contribution is 8.03. The lowest BCUT2D eigenvalue weighted by Crippen LogP contribution is -2.63.